The SMILES string of the molecule is CS(=O)(=O)NCCCNC(=O)N1CCSCC1CC(=O)O. The minimum atomic E-state index is -3.21. The molecule has 3 N–H and O–H groups in total. The van der Waals surface area contributed by atoms with E-state index in [0.29, 0.717) is 25.3 Å². The Hall–Kier alpha value is -1.00. The van der Waals surface area contributed by atoms with Gasteiger partial charge in [-0.15, -0.1) is 0 Å². The molecule has 1 rings (SSSR count). The highest BCUT2D eigenvalue weighted by Crippen LogP contribution is 2.18. The molecule has 0 aromatic heterocycles. The van der Waals surface area contributed by atoms with Crippen LogP contribution in [0.5, 0.6) is 0 Å². The number of carboxylic acids is 1. The number of carbonyl (C=O) groups is 2. The molecule has 1 fully saturated rings. The predicted molar refractivity (Wildman–Crippen MR) is 80.9 cm³/mol. The first kappa shape index (κ1) is 18.1. The molecular formula is C11H21N3O5S2. The molecule has 1 aliphatic rings. The number of amides is 2. The monoisotopic (exact) mass is 339 g/mol. The number of urea groups is 1. The molecule has 122 valence electrons. The molecule has 1 saturated heterocycles. The highest BCUT2D eigenvalue weighted by molar-refractivity contribution is 7.99. The molecule has 0 aromatic rings. The summed E-state index contributed by atoms with van der Waals surface area (Å²) in [7, 11) is -3.21. The summed E-state index contributed by atoms with van der Waals surface area (Å²) >= 11 is 1.64. The minimum Gasteiger partial charge on any atom is -0.481 e. The Morgan fingerprint density at radius 2 is 2.10 bits per heavy atom. The van der Waals surface area contributed by atoms with Crippen molar-refractivity contribution in [2.75, 3.05) is 37.4 Å². The van der Waals surface area contributed by atoms with E-state index < -0.39 is 16.0 Å². The molecule has 0 radical (unpaired) electrons. The molecule has 1 heterocycles. The van der Waals surface area contributed by atoms with Gasteiger partial charge in [0.15, 0.2) is 0 Å². The highest BCUT2D eigenvalue weighted by atomic mass is 32.2. The van der Waals surface area contributed by atoms with E-state index in [0.717, 1.165) is 12.0 Å². The highest BCUT2D eigenvalue weighted by Gasteiger charge is 2.28. The summed E-state index contributed by atoms with van der Waals surface area (Å²) in [6.07, 6.45) is 1.49. The first-order valence-corrected chi connectivity index (χ1v) is 9.63. The van der Waals surface area contributed by atoms with Crippen molar-refractivity contribution < 1.29 is 23.1 Å². The van der Waals surface area contributed by atoms with Crippen LogP contribution in [0.1, 0.15) is 12.8 Å². The second-order valence-corrected chi connectivity index (χ2v) is 7.75. The van der Waals surface area contributed by atoms with E-state index in [-0.39, 0.29) is 25.0 Å². The van der Waals surface area contributed by atoms with Gasteiger partial charge in [-0.25, -0.2) is 17.9 Å². The van der Waals surface area contributed by atoms with Crippen LogP contribution in [-0.4, -0.2) is 73.9 Å². The molecule has 10 heteroatoms. The zero-order chi connectivity index (χ0) is 15.9. The third-order valence-electron chi connectivity index (χ3n) is 2.89. The fourth-order valence-corrected chi connectivity index (χ4v) is 3.51. The van der Waals surface area contributed by atoms with E-state index in [1.165, 1.54) is 0 Å². The Balaban J connectivity index is 2.33. The first-order chi connectivity index (χ1) is 9.79. The summed E-state index contributed by atoms with van der Waals surface area (Å²) in [4.78, 5) is 24.4. The lowest BCUT2D eigenvalue weighted by molar-refractivity contribution is -0.138. The number of carbonyl (C=O) groups excluding carboxylic acids is 1. The van der Waals surface area contributed by atoms with Crippen LogP contribution in [0.15, 0.2) is 0 Å². The number of hydrogen-bond donors (Lipinski definition) is 3. The Morgan fingerprint density at radius 1 is 1.38 bits per heavy atom. The van der Waals surface area contributed by atoms with Crippen LogP contribution >= 0.6 is 11.8 Å². The quantitative estimate of drug-likeness (QED) is 0.540. The molecule has 1 unspecified atom stereocenters. The molecule has 2 amide bonds. The molecule has 0 spiro atoms. The van der Waals surface area contributed by atoms with Gasteiger partial charge < -0.3 is 15.3 Å². The Kier molecular flexibility index (Phi) is 7.26. The van der Waals surface area contributed by atoms with Gasteiger partial charge in [0.25, 0.3) is 0 Å². The lowest BCUT2D eigenvalue weighted by Gasteiger charge is -2.34. The number of nitrogens with one attached hydrogen (secondary N) is 2. The van der Waals surface area contributed by atoms with Crippen molar-refractivity contribution in [3.8, 4) is 0 Å². The smallest absolute Gasteiger partial charge is 0.317 e. The number of hydrogen-bond acceptors (Lipinski definition) is 5. The summed E-state index contributed by atoms with van der Waals surface area (Å²) < 4.78 is 24.0. The minimum absolute atomic E-state index is 0.0595. The van der Waals surface area contributed by atoms with Gasteiger partial charge >= 0.3 is 12.0 Å². The maximum absolute atomic E-state index is 12.0. The van der Waals surface area contributed by atoms with Crippen molar-refractivity contribution in [1.82, 2.24) is 14.9 Å². The average Bonchev–Trinajstić information content (AvgIpc) is 2.36. The lowest BCUT2D eigenvalue weighted by Crippen LogP contribution is -2.51. The van der Waals surface area contributed by atoms with Crippen LogP contribution in [0.25, 0.3) is 0 Å². The molecule has 1 aliphatic heterocycles. The van der Waals surface area contributed by atoms with E-state index in [1.54, 1.807) is 16.7 Å². The number of aliphatic carboxylic acids is 1. The van der Waals surface area contributed by atoms with Crippen molar-refractivity contribution in [3.05, 3.63) is 0 Å². The van der Waals surface area contributed by atoms with Crippen LogP contribution < -0.4 is 10.0 Å². The maximum atomic E-state index is 12.0. The van der Waals surface area contributed by atoms with E-state index in [4.69, 9.17) is 5.11 Å². The van der Waals surface area contributed by atoms with Crippen molar-refractivity contribution in [2.45, 2.75) is 18.9 Å². The summed E-state index contributed by atoms with van der Waals surface area (Å²) in [5.41, 5.74) is 0. The third kappa shape index (κ3) is 7.53. The Morgan fingerprint density at radius 3 is 2.71 bits per heavy atom. The van der Waals surface area contributed by atoms with E-state index in [9.17, 15) is 18.0 Å². The second kappa shape index (κ2) is 8.44. The average molecular weight is 339 g/mol. The summed E-state index contributed by atoms with van der Waals surface area (Å²) in [6.45, 7) is 1.12. The van der Waals surface area contributed by atoms with Crippen LogP contribution in [0.3, 0.4) is 0 Å². The zero-order valence-electron chi connectivity index (χ0n) is 11.9. The molecule has 0 saturated carbocycles. The fourth-order valence-electron chi connectivity index (χ4n) is 1.94. The maximum Gasteiger partial charge on any atom is 0.317 e. The van der Waals surface area contributed by atoms with Gasteiger partial charge in [-0.2, -0.15) is 11.8 Å². The largest absolute Gasteiger partial charge is 0.481 e. The topological polar surface area (TPSA) is 116 Å². The molecule has 1 atom stereocenters. The zero-order valence-corrected chi connectivity index (χ0v) is 13.5. The van der Waals surface area contributed by atoms with Crippen LogP contribution in [0, 0.1) is 0 Å². The Bertz CT molecular complexity index is 468. The van der Waals surface area contributed by atoms with Gasteiger partial charge in [0.1, 0.15) is 0 Å². The number of sulfonamides is 1. The van der Waals surface area contributed by atoms with E-state index in [2.05, 4.69) is 10.0 Å². The number of thioether (sulfide) groups is 1. The van der Waals surface area contributed by atoms with Crippen LogP contribution in [0.2, 0.25) is 0 Å². The van der Waals surface area contributed by atoms with E-state index >= 15 is 0 Å². The van der Waals surface area contributed by atoms with Gasteiger partial charge in [-0.1, -0.05) is 0 Å². The standard InChI is InChI=1S/C11H21N3O5S2/c1-21(18,19)13-4-2-3-12-11(17)14-5-6-20-8-9(14)7-10(15)16/h9,13H,2-8H2,1H3,(H,12,17)(H,15,16). The van der Waals surface area contributed by atoms with E-state index in [1.807, 2.05) is 0 Å². The normalized spacial score (nSPS) is 19.3. The van der Waals surface area contributed by atoms with Gasteiger partial charge in [-0.05, 0) is 6.42 Å². The molecule has 21 heavy (non-hydrogen) atoms. The van der Waals surface area contributed by atoms with Crippen LogP contribution in [-0.2, 0) is 14.8 Å². The van der Waals surface area contributed by atoms with Crippen molar-refractivity contribution in [3.63, 3.8) is 0 Å². The molecule has 0 bridgehead atoms. The molecule has 8 nitrogen and oxygen atoms in total. The van der Waals surface area contributed by atoms with Gasteiger partial charge in [0.05, 0.1) is 18.7 Å². The molecule has 0 aliphatic carbocycles. The van der Waals surface area contributed by atoms with Gasteiger partial charge in [0.2, 0.25) is 10.0 Å². The molecule has 0 aromatic carbocycles. The summed E-state index contributed by atoms with van der Waals surface area (Å²) in [6, 6.07) is -0.587. The summed E-state index contributed by atoms with van der Waals surface area (Å²) in [5.74, 6) is 0.492. The lowest BCUT2D eigenvalue weighted by atomic mass is 10.2. The fraction of sp³-hybridized carbons (Fsp3) is 0.818. The van der Waals surface area contributed by atoms with Crippen LogP contribution in [0.4, 0.5) is 4.79 Å². The number of nitrogens with zero attached hydrogens (tertiary/aromatic N) is 1. The number of carboxylic acid groups (broad SMARTS) is 1. The van der Waals surface area contributed by atoms with Gasteiger partial charge in [0, 0.05) is 31.1 Å². The predicted octanol–water partition coefficient (Wildman–Crippen LogP) is -0.473. The van der Waals surface area contributed by atoms with Gasteiger partial charge in [-0.3, -0.25) is 4.79 Å². The summed E-state index contributed by atoms with van der Waals surface area (Å²) in [5, 5.41) is 11.5. The first-order valence-electron chi connectivity index (χ1n) is 6.58. The van der Waals surface area contributed by atoms with Crippen molar-refractivity contribution >= 4 is 33.8 Å². The third-order valence-corrected chi connectivity index (χ3v) is 4.71. The Labute approximate surface area is 128 Å². The second-order valence-electron chi connectivity index (χ2n) is 4.77. The molecular weight excluding hydrogens is 318 g/mol. The van der Waals surface area contributed by atoms with Crippen molar-refractivity contribution in [2.24, 2.45) is 0 Å². The van der Waals surface area contributed by atoms with Crippen molar-refractivity contribution in [1.29, 1.82) is 0 Å². The number of rotatable bonds is 7.